The van der Waals surface area contributed by atoms with Crippen LogP contribution in [-0.2, 0) is 23.1 Å². The zero-order chi connectivity index (χ0) is 34.0. The zero-order valence-corrected chi connectivity index (χ0v) is 27.8. The van der Waals surface area contributed by atoms with Gasteiger partial charge in [-0.15, -0.1) is 0 Å². The lowest BCUT2D eigenvalue weighted by atomic mass is 9.67. The Morgan fingerprint density at radius 2 is 1.77 bits per heavy atom. The van der Waals surface area contributed by atoms with E-state index in [1.54, 1.807) is 11.9 Å². The summed E-state index contributed by atoms with van der Waals surface area (Å²) in [7, 11) is 1.63. The Balaban J connectivity index is 1.50. The first-order valence-electron chi connectivity index (χ1n) is 16.5. The number of nitrogens with zero attached hydrogens (tertiary/aromatic N) is 4. The van der Waals surface area contributed by atoms with E-state index in [1.165, 1.54) is 0 Å². The van der Waals surface area contributed by atoms with Crippen LogP contribution >= 0.6 is 0 Å². The van der Waals surface area contributed by atoms with Crippen molar-refractivity contribution in [3.8, 4) is 17.5 Å². The van der Waals surface area contributed by atoms with Gasteiger partial charge >= 0.3 is 0 Å². The van der Waals surface area contributed by atoms with Gasteiger partial charge in [-0.3, -0.25) is 14.7 Å². The van der Waals surface area contributed by atoms with Crippen LogP contribution in [0.5, 0.6) is 0 Å². The first-order valence-corrected chi connectivity index (χ1v) is 16.5. The van der Waals surface area contributed by atoms with Crippen LogP contribution in [0, 0.1) is 18.3 Å². The number of nitriles is 1. The molecular formula is C38H42N8O2. The maximum atomic E-state index is 13.3. The molecule has 0 radical (unpaired) electrons. The number of amides is 2. The predicted octanol–water partition coefficient (Wildman–Crippen LogP) is 4.38. The number of aromatic nitrogens is 3. The molecule has 5 N–H and O–H groups in total. The van der Waals surface area contributed by atoms with Crippen molar-refractivity contribution in [1.29, 1.82) is 5.26 Å². The van der Waals surface area contributed by atoms with Gasteiger partial charge < -0.3 is 21.3 Å². The highest BCUT2D eigenvalue weighted by atomic mass is 16.2. The summed E-state index contributed by atoms with van der Waals surface area (Å²) in [6, 6.07) is 21.9. The molecular weight excluding hydrogens is 600 g/mol. The Bertz CT molecular complexity index is 1910. The second-order valence-electron chi connectivity index (χ2n) is 13.0. The fourth-order valence-corrected chi connectivity index (χ4v) is 7.28. The Kier molecular flexibility index (Phi) is 9.16. The summed E-state index contributed by atoms with van der Waals surface area (Å²) in [6.07, 6.45) is 3.47. The van der Waals surface area contributed by atoms with E-state index in [1.807, 2.05) is 55.5 Å². The molecule has 1 aliphatic heterocycles. The van der Waals surface area contributed by atoms with E-state index in [0.717, 1.165) is 45.4 Å². The van der Waals surface area contributed by atoms with Crippen LogP contribution in [0.3, 0.4) is 0 Å². The molecule has 3 aromatic carbocycles. The van der Waals surface area contributed by atoms with Gasteiger partial charge in [-0.05, 0) is 92.0 Å². The molecule has 0 bridgehead atoms. The van der Waals surface area contributed by atoms with Crippen molar-refractivity contribution < 1.29 is 9.59 Å². The quantitative estimate of drug-likeness (QED) is 0.211. The second-order valence-corrected chi connectivity index (χ2v) is 13.0. The molecule has 10 nitrogen and oxygen atoms in total. The number of likely N-dealkylation sites (tertiary alicyclic amines) is 1. The van der Waals surface area contributed by atoms with E-state index < -0.39 is 5.41 Å². The number of nitrogens with one attached hydrogen (secondary N) is 3. The maximum absolute atomic E-state index is 13.3. The highest BCUT2D eigenvalue weighted by molar-refractivity contribution is 5.94. The lowest BCUT2D eigenvalue weighted by Gasteiger charge is -2.37. The number of aromatic amines is 1. The third kappa shape index (κ3) is 6.09. The largest absolute Gasteiger partial charge is 0.399 e. The van der Waals surface area contributed by atoms with Gasteiger partial charge in [0.1, 0.15) is 11.9 Å². The van der Waals surface area contributed by atoms with Gasteiger partial charge in [0.2, 0.25) is 5.91 Å². The number of aryl methyl sites for hydroxylation is 3. The molecule has 0 spiro atoms. The second kappa shape index (κ2) is 13.5. The number of hydrogen-bond donors (Lipinski definition) is 4. The molecule has 2 heterocycles. The molecule has 48 heavy (non-hydrogen) atoms. The third-order valence-electron chi connectivity index (χ3n) is 9.79. The average molecular weight is 643 g/mol. The molecule has 6 rings (SSSR count). The molecule has 10 heteroatoms. The highest BCUT2D eigenvalue weighted by Gasteiger charge is 2.45. The lowest BCUT2D eigenvalue weighted by Crippen LogP contribution is -2.45. The summed E-state index contributed by atoms with van der Waals surface area (Å²) in [5, 5.41) is 23.8. The van der Waals surface area contributed by atoms with Crippen molar-refractivity contribution in [2.45, 2.75) is 63.5 Å². The van der Waals surface area contributed by atoms with Crippen molar-refractivity contribution in [2.24, 2.45) is 5.73 Å². The van der Waals surface area contributed by atoms with E-state index in [9.17, 15) is 14.9 Å². The number of hydrogen-bond acceptors (Lipinski definition) is 7. The third-order valence-corrected chi connectivity index (χ3v) is 9.79. The Morgan fingerprint density at radius 3 is 2.42 bits per heavy atom. The molecule has 1 aliphatic carbocycles. The summed E-state index contributed by atoms with van der Waals surface area (Å²) >= 11 is 0. The molecule has 4 aromatic rings. The summed E-state index contributed by atoms with van der Waals surface area (Å²) in [4.78, 5) is 32.9. The maximum Gasteiger partial charge on any atom is 0.251 e. The SMILES string of the molecule is C=C(N)c1ccc2c(c1)CCc1cc(C(=O)NC)ccc1C2(C[C@H](C)NCC(=O)N1CCCC1C#N)c1nc(-c2ccc(C)cc2)n[nH]1. The molecule has 1 aromatic heterocycles. The topological polar surface area (TPSA) is 153 Å². The van der Waals surface area contributed by atoms with Crippen molar-refractivity contribution >= 4 is 17.5 Å². The van der Waals surface area contributed by atoms with Crippen LogP contribution in [0.25, 0.3) is 17.1 Å². The number of fused-ring (bicyclic) bond motifs is 2. The van der Waals surface area contributed by atoms with E-state index in [0.29, 0.717) is 55.1 Å². The first kappa shape index (κ1) is 32.7. The molecule has 3 atom stereocenters. The average Bonchev–Trinajstić information content (AvgIpc) is 3.77. The van der Waals surface area contributed by atoms with Gasteiger partial charge in [0.05, 0.1) is 18.0 Å². The summed E-state index contributed by atoms with van der Waals surface area (Å²) in [5.41, 5.74) is 13.5. The van der Waals surface area contributed by atoms with Crippen molar-refractivity contribution in [3.05, 3.63) is 112 Å². The molecule has 2 aliphatic rings. The van der Waals surface area contributed by atoms with Gasteiger partial charge in [-0.2, -0.15) is 10.4 Å². The molecule has 1 fully saturated rings. The molecule has 2 unspecified atom stereocenters. The van der Waals surface area contributed by atoms with Gasteiger partial charge in [0, 0.05) is 36.5 Å². The number of nitrogens with two attached hydrogens (primary N) is 1. The van der Waals surface area contributed by atoms with Crippen LogP contribution in [-0.4, -0.2) is 64.1 Å². The summed E-state index contributed by atoms with van der Waals surface area (Å²) < 4.78 is 0. The predicted molar refractivity (Wildman–Crippen MR) is 186 cm³/mol. The number of rotatable bonds is 9. The van der Waals surface area contributed by atoms with Crippen LogP contribution in [0.15, 0.2) is 67.2 Å². The first-order chi connectivity index (χ1) is 23.1. The van der Waals surface area contributed by atoms with Crippen molar-refractivity contribution in [2.75, 3.05) is 20.1 Å². The standard InChI is InChI=1S/C38H42N8O2/c1-23-7-9-26(10-8-23)35-43-37(45-44-35)38(20-24(2)42-22-34(47)46-17-5-6-31(46)21-39)32-15-13-27(25(3)40)18-28(32)11-12-29-19-30(36(48)41-4)14-16-33(29)38/h7-10,13-16,18-19,24,31,42H,3,5-6,11-12,17,20,22,40H2,1-2,4H3,(H,41,48)(H,43,44,45)/t24-,31?,38?/m0/s1. The fraction of sp³-hybridized carbons (Fsp3) is 0.342. The Morgan fingerprint density at radius 1 is 1.10 bits per heavy atom. The van der Waals surface area contributed by atoms with E-state index in [2.05, 4.69) is 47.4 Å². The normalized spacial score (nSPS) is 19.0. The van der Waals surface area contributed by atoms with Gasteiger partial charge in [-0.25, -0.2) is 4.98 Å². The van der Waals surface area contributed by atoms with Crippen LogP contribution < -0.4 is 16.4 Å². The number of benzene rings is 3. The minimum Gasteiger partial charge on any atom is -0.399 e. The monoisotopic (exact) mass is 642 g/mol. The highest BCUT2D eigenvalue weighted by Crippen LogP contribution is 2.47. The Hall–Kier alpha value is -5.27. The van der Waals surface area contributed by atoms with Gasteiger partial charge in [-0.1, -0.05) is 54.6 Å². The number of carbonyl (C=O) groups is 2. The molecule has 2 amide bonds. The van der Waals surface area contributed by atoms with E-state index in [4.69, 9.17) is 15.8 Å². The number of carbonyl (C=O) groups excluding carboxylic acids is 2. The van der Waals surface area contributed by atoms with Gasteiger partial charge in [0.25, 0.3) is 5.91 Å². The fourth-order valence-electron chi connectivity index (χ4n) is 7.28. The van der Waals surface area contributed by atoms with Gasteiger partial charge in [0.15, 0.2) is 5.82 Å². The summed E-state index contributed by atoms with van der Waals surface area (Å²) in [5.74, 6) is 1.01. The molecule has 0 saturated carbocycles. The van der Waals surface area contributed by atoms with Crippen molar-refractivity contribution in [3.63, 3.8) is 0 Å². The number of H-pyrrole nitrogens is 1. The smallest absolute Gasteiger partial charge is 0.251 e. The molecule has 1 saturated heterocycles. The van der Waals surface area contributed by atoms with Crippen LogP contribution in [0.1, 0.15) is 75.7 Å². The molecule has 246 valence electrons. The minimum absolute atomic E-state index is 0.0794. The lowest BCUT2D eigenvalue weighted by molar-refractivity contribution is -0.130. The van der Waals surface area contributed by atoms with E-state index in [-0.39, 0.29) is 30.4 Å². The van der Waals surface area contributed by atoms with Crippen molar-refractivity contribution in [1.82, 2.24) is 30.7 Å². The van der Waals surface area contributed by atoms with Crippen LogP contribution in [0.4, 0.5) is 0 Å². The zero-order valence-electron chi connectivity index (χ0n) is 27.8. The van der Waals surface area contributed by atoms with E-state index >= 15 is 0 Å². The summed E-state index contributed by atoms with van der Waals surface area (Å²) in [6.45, 7) is 8.81. The van der Waals surface area contributed by atoms with Crippen LogP contribution in [0.2, 0.25) is 0 Å². The minimum atomic E-state index is -0.842. The Labute approximate surface area is 281 Å².